The number of nitrogens with one attached hydrogen (secondary N) is 1. The second-order valence-electron chi connectivity index (χ2n) is 5.65. The van der Waals surface area contributed by atoms with Gasteiger partial charge in [0.2, 0.25) is 11.7 Å². The number of nitro groups is 1. The Labute approximate surface area is 153 Å². The van der Waals surface area contributed by atoms with Crippen LogP contribution in [0.5, 0.6) is 5.75 Å². The van der Waals surface area contributed by atoms with Gasteiger partial charge in [0.05, 0.1) is 23.8 Å². The minimum atomic E-state index is -0.541. The summed E-state index contributed by atoms with van der Waals surface area (Å²) in [6.07, 6.45) is 0. The van der Waals surface area contributed by atoms with E-state index in [1.54, 1.807) is 0 Å². The van der Waals surface area contributed by atoms with Gasteiger partial charge in [-0.05, 0) is 23.8 Å². The van der Waals surface area contributed by atoms with Crippen LogP contribution in [0.25, 0.3) is 11.4 Å². The molecule has 0 atom stereocenters. The third kappa shape index (κ3) is 4.06. The fourth-order valence-corrected chi connectivity index (χ4v) is 2.46. The Morgan fingerprint density at radius 3 is 2.78 bits per heavy atom. The summed E-state index contributed by atoms with van der Waals surface area (Å²) in [6.45, 7) is 1.77. The number of benzene rings is 2. The van der Waals surface area contributed by atoms with Crippen LogP contribution in [0.1, 0.15) is 5.56 Å². The smallest absolute Gasteiger partial charge is 0.273 e. The average Bonchev–Trinajstić information content (AvgIpc) is 3.10. The van der Waals surface area contributed by atoms with Crippen LogP contribution in [-0.2, 0) is 11.3 Å². The summed E-state index contributed by atoms with van der Waals surface area (Å²) < 4.78 is 5.09. The number of aromatic nitrogens is 4. The van der Waals surface area contributed by atoms with Crippen molar-refractivity contribution in [3.63, 3.8) is 0 Å². The summed E-state index contributed by atoms with van der Waals surface area (Å²) >= 11 is 0. The minimum absolute atomic E-state index is 0.134. The van der Waals surface area contributed by atoms with E-state index in [-0.39, 0.29) is 18.0 Å². The molecule has 0 aliphatic heterocycles. The number of nitro benzene ring substituents is 1. The van der Waals surface area contributed by atoms with E-state index in [1.165, 1.54) is 30.1 Å². The fraction of sp³-hybridized carbons (Fsp3) is 0.176. The molecule has 0 fully saturated rings. The molecule has 10 nitrogen and oxygen atoms in total. The van der Waals surface area contributed by atoms with Crippen LogP contribution in [-0.4, -0.2) is 38.1 Å². The van der Waals surface area contributed by atoms with E-state index in [9.17, 15) is 14.9 Å². The standard InChI is InChI=1S/C17H16N6O4/c1-11-5-3-4-6-13(11)17-19-21-22(20-17)10-16(24)18-14-8-7-12(23(25)26)9-15(14)27-2/h3-9H,10H2,1-2H3,(H,18,24). The van der Waals surface area contributed by atoms with Crippen molar-refractivity contribution in [2.24, 2.45) is 0 Å². The van der Waals surface area contributed by atoms with Gasteiger partial charge in [-0.25, -0.2) is 0 Å². The topological polar surface area (TPSA) is 125 Å². The summed E-state index contributed by atoms with van der Waals surface area (Å²) in [5, 5.41) is 25.5. The van der Waals surface area contributed by atoms with Crippen molar-refractivity contribution in [1.29, 1.82) is 0 Å². The Bertz CT molecular complexity index is 1000. The van der Waals surface area contributed by atoms with E-state index in [0.29, 0.717) is 11.5 Å². The Kier molecular flexibility index (Phi) is 5.06. The molecule has 1 heterocycles. The molecule has 1 amide bonds. The maximum Gasteiger partial charge on any atom is 0.273 e. The summed E-state index contributed by atoms with van der Waals surface area (Å²) in [5.74, 6) is 0.189. The highest BCUT2D eigenvalue weighted by molar-refractivity contribution is 5.92. The first-order valence-corrected chi connectivity index (χ1v) is 7.94. The fourth-order valence-electron chi connectivity index (χ4n) is 2.46. The predicted molar refractivity (Wildman–Crippen MR) is 96.3 cm³/mol. The van der Waals surface area contributed by atoms with Crippen LogP contribution in [0.15, 0.2) is 42.5 Å². The number of ether oxygens (including phenoxy) is 1. The lowest BCUT2D eigenvalue weighted by molar-refractivity contribution is -0.384. The SMILES string of the molecule is COc1cc([N+](=O)[O-])ccc1NC(=O)Cn1nnc(-c2ccccc2C)n1. The van der Waals surface area contributed by atoms with Gasteiger partial charge in [-0.15, -0.1) is 10.2 Å². The lowest BCUT2D eigenvalue weighted by Crippen LogP contribution is -2.20. The van der Waals surface area contributed by atoms with Crippen LogP contribution in [0.3, 0.4) is 0 Å². The van der Waals surface area contributed by atoms with Gasteiger partial charge in [0.25, 0.3) is 5.69 Å². The lowest BCUT2D eigenvalue weighted by Gasteiger charge is -2.09. The van der Waals surface area contributed by atoms with Crippen molar-refractivity contribution in [1.82, 2.24) is 20.2 Å². The molecular formula is C17H16N6O4. The summed E-state index contributed by atoms with van der Waals surface area (Å²) in [7, 11) is 1.36. The van der Waals surface area contributed by atoms with Crippen LogP contribution >= 0.6 is 0 Å². The number of aryl methyl sites for hydroxylation is 1. The molecule has 0 spiro atoms. The molecule has 0 saturated heterocycles. The van der Waals surface area contributed by atoms with Crippen molar-refractivity contribution in [2.75, 3.05) is 12.4 Å². The first kappa shape index (κ1) is 18.0. The van der Waals surface area contributed by atoms with E-state index in [0.717, 1.165) is 11.1 Å². The highest BCUT2D eigenvalue weighted by atomic mass is 16.6. The molecule has 0 unspecified atom stereocenters. The van der Waals surface area contributed by atoms with Gasteiger partial charge in [0.1, 0.15) is 12.3 Å². The van der Waals surface area contributed by atoms with Crippen LogP contribution in [0.2, 0.25) is 0 Å². The van der Waals surface area contributed by atoms with Gasteiger partial charge in [-0.1, -0.05) is 24.3 Å². The van der Waals surface area contributed by atoms with Crippen molar-refractivity contribution in [3.8, 4) is 17.1 Å². The van der Waals surface area contributed by atoms with Crippen molar-refractivity contribution in [2.45, 2.75) is 13.5 Å². The number of anilines is 1. The molecule has 1 N–H and O–H groups in total. The molecule has 27 heavy (non-hydrogen) atoms. The number of hydrogen-bond donors (Lipinski definition) is 1. The summed E-state index contributed by atoms with van der Waals surface area (Å²) in [6, 6.07) is 11.5. The molecule has 10 heteroatoms. The molecule has 3 rings (SSSR count). The molecule has 0 aliphatic carbocycles. The van der Waals surface area contributed by atoms with Crippen LogP contribution < -0.4 is 10.1 Å². The lowest BCUT2D eigenvalue weighted by atomic mass is 10.1. The number of methoxy groups -OCH3 is 1. The summed E-state index contributed by atoms with van der Waals surface area (Å²) in [4.78, 5) is 23.7. The number of amides is 1. The Morgan fingerprint density at radius 2 is 2.07 bits per heavy atom. The van der Waals surface area contributed by atoms with Gasteiger partial charge in [-0.3, -0.25) is 14.9 Å². The Balaban J connectivity index is 1.72. The van der Waals surface area contributed by atoms with Gasteiger partial charge in [0, 0.05) is 11.6 Å². The second kappa shape index (κ2) is 7.60. The quantitative estimate of drug-likeness (QED) is 0.522. The predicted octanol–water partition coefficient (Wildman–Crippen LogP) is 2.20. The van der Waals surface area contributed by atoms with E-state index >= 15 is 0 Å². The molecular weight excluding hydrogens is 352 g/mol. The van der Waals surface area contributed by atoms with Gasteiger partial charge in [-0.2, -0.15) is 4.80 Å². The maximum absolute atomic E-state index is 12.3. The molecule has 0 bridgehead atoms. The van der Waals surface area contributed by atoms with E-state index in [2.05, 4.69) is 20.7 Å². The maximum atomic E-state index is 12.3. The molecule has 2 aromatic carbocycles. The highest BCUT2D eigenvalue weighted by Gasteiger charge is 2.15. The van der Waals surface area contributed by atoms with Gasteiger partial charge in [0.15, 0.2) is 0 Å². The number of hydrogen-bond acceptors (Lipinski definition) is 7. The molecule has 3 aromatic rings. The Hall–Kier alpha value is -3.82. The number of non-ortho nitro benzene ring substituents is 1. The number of rotatable bonds is 6. The zero-order valence-electron chi connectivity index (χ0n) is 14.6. The molecule has 0 saturated carbocycles. The van der Waals surface area contributed by atoms with Gasteiger partial charge < -0.3 is 10.1 Å². The molecule has 138 valence electrons. The number of nitrogens with zero attached hydrogens (tertiary/aromatic N) is 5. The normalized spacial score (nSPS) is 10.4. The zero-order chi connectivity index (χ0) is 19.4. The van der Waals surface area contributed by atoms with E-state index in [4.69, 9.17) is 4.74 Å². The van der Waals surface area contributed by atoms with Crippen molar-refractivity contribution in [3.05, 3.63) is 58.1 Å². The average molecular weight is 368 g/mol. The summed E-state index contributed by atoms with van der Waals surface area (Å²) in [5.41, 5.74) is 2.01. The first-order valence-electron chi connectivity index (χ1n) is 7.94. The molecule has 0 aliphatic rings. The number of carbonyl (C=O) groups is 1. The van der Waals surface area contributed by atoms with Crippen LogP contribution in [0, 0.1) is 17.0 Å². The third-order valence-electron chi connectivity index (χ3n) is 3.79. The largest absolute Gasteiger partial charge is 0.494 e. The number of tetrazole rings is 1. The van der Waals surface area contributed by atoms with E-state index < -0.39 is 10.8 Å². The van der Waals surface area contributed by atoms with Crippen molar-refractivity contribution >= 4 is 17.3 Å². The second-order valence-corrected chi connectivity index (χ2v) is 5.65. The highest BCUT2D eigenvalue weighted by Crippen LogP contribution is 2.29. The van der Waals surface area contributed by atoms with Crippen molar-refractivity contribution < 1.29 is 14.5 Å². The number of carbonyl (C=O) groups excluding carboxylic acids is 1. The van der Waals surface area contributed by atoms with Gasteiger partial charge >= 0.3 is 0 Å². The molecule has 1 aromatic heterocycles. The first-order chi connectivity index (χ1) is 13.0. The zero-order valence-corrected chi connectivity index (χ0v) is 14.6. The minimum Gasteiger partial charge on any atom is -0.494 e. The third-order valence-corrected chi connectivity index (χ3v) is 3.79. The van der Waals surface area contributed by atoms with Crippen LogP contribution in [0.4, 0.5) is 11.4 Å². The Morgan fingerprint density at radius 1 is 1.30 bits per heavy atom. The monoisotopic (exact) mass is 368 g/mol. The molecule has 0 radical (unpaired) electrons. The van der Waals surface area contributed by atoms with E-state index in [1.807, 2.05) is 31.2 Å².